The number of hydrogen-bond acceptors (Lipinski definition) is 3. The van der Waals surface area contributed by atoms with E-state index in [4.69, 9.17) is 4.74 Å². The number of alkyl carbamates (subject to hydrolysis) is 1. The van der Waals surface area contributed by atoms with Crippen LogP contribution >= 0.6 is 0 Å². The number of likely N-dealkylation sites (tertiary alicyclic amines) is 1. The summed E-state index contributed by atoms with van der Waals surface area (Å²) in [6, 6.07) is 13.7. The Kier molecular flexibility index (Phi) is 5.33. The van der Waals surface area contributed by atoms with Crippen molar-refractivity contribution in [3.05, 3.63) is 60.7 Å². The molecule has 2 aromatic carbocycles. The van der Waals surface area contributed by atoms with Gasteiger partial charge in [-0.3, -0.25) is 4.79 Å². The SMILES string of the molecule is C=CCOC(=O)NC1CCN(C(=O)c2cccc3ccccc23)CC1. The van der Waals surface area contributed by atoms with E-state index in [2.05, 4.69) is 11.9 Å². The molecule has 0 aromatic heterocycles. The summed E-state index contributed by atoms with van der Waals surface area (Å²) in [5, 5.41) is 4.88. The molecule has 25 heavy (non-hydrogen) atoms. The van der Waals surface area contributed by atoms with Crippen molar-refractivity contribution in [1.82, 2.24) is 10.2 Å². The summed E-state index contributed by atoms with van der Waals surface area (Å²) in [4.78, 5) is 26.3. The molecule has 2 aromatic rings. The topological polar surface area (TPSA) is 58.6 Å². The summed E-state index contributed by atoms with van der Waals surface area (Å²) in [6.45, 7) is 4.95. The second kappa shape index (κ2) is 7.83. The third-order valence-electron chi connectivity index (χ3n) is 4.46. The number of rotatable bonds is 4. The Morgan fingerprint density at radius 1 is 1.16 bits per heavy atom. The number of carbonyl (C=O) groups excluding carboxylic acids is 2. The van der Waals surface area contributed by atoms with Gasteiger partial charge in [-0.05, 0) is 29.7 Å². The van der Waals surface area contributed by atoms with E-state index >= 15 is 0 Å². The average molecular weight is 338 g/mol. The third kappa shape index (κ3) is 3.99. The molecule has 5 heteroatoms. The molecule has 1 fully saturated rings. The zero-order valence-corrected chi connectivity index (χ0v) is 14.1. The van der Waals surface area contributed by atoms with E-state index in [0.29, 0.717) is 13.1 Å². The second-order valence-corrected chi connectivity index (χ2v) is 6.12. The number of hydrogen-bond donors (Lipinski definition) is 1. The lowest BCUT2D eigenvalue weighted by molar-refractivity contribution is 0.0705. The summed E-state index contributed by atoms with van der Waals surface area (Å²) in [5.41, 5.74) is 0.731. The first-order chi connectivity index (χ1) is 12.2. The second-order valence-electron chi connectivity index (χ2n) is 6.12. The van der Waals surface area contributed by atoms with Gasteiger partial charge in [0.05, 0.1) is 0 Å². The summed E-state index contributed by atoms with van der Waals surface area (Å²) >= 11 is 0. The zero-order valence-electron chi connectivity index (χ0n) is 14.1. The fraction of sp³-hybridized carbons (Fsp3) is 0.300. The molecule has 0 saturated carbocycles. The molecule has 0 atom stereocenters. The van der Waals surface area contributed by atoms with Gasteiger partial charge in [0, 0.05) is 24.7 Å². The maximum atomic E-state index is 12.9. The van der Waals surface area contributed by atoms with Crippen LogP contribution in [0.2, 0.25) is 0 Å². The van der Waals surface area contributed by atoms with Gasteiger partial charge in [0.15, 0.2) is 0 Å². The predicted octanol–water partition coefficient (Wildman–Crippen LogP) is 3.36. The Bertz CT molecular complexity index is 774. The van der Waals surface area contributed by atoms with Crippen LogP contribution in [0, 0.1) is 0 Å². The van der Waals surface area contributed by atoms with E-state index in [1.54, 1.807) is 0 Å². The average Bonchev–Trinajstić information content (AvgIpc) is 2.66. The van der Waals surface area contributed by atoms with Crippen LogP contribution in [0.1, 0.15) is 23.2 Å². The fourth-order valence-electron chi connectivity index (χ4n) is 3.15. The van der Waals surface area contributed by atoms with E-state index in [0.717, 1.165) is 29.2 Å². The largest absolute Gasteiger partial charge is 0.445 e. The van der Waals surface area contributed by atoms with Crippen LogP contribution in [0.5, 0.6) is 0 Å². The lowest BCUT2D eigenvalue weighted by Gasteiger charge is -2.32. The number of piperidine rings is 1. The van der Waals surface area contributed by atoms with Crippen molar-refractivity contribution in [2.75, 3.05) is 19.7 Å². The molecular formula is C20H22N2O3. The lowest BCUT2D eigenvalue weighted by Crippen LogP contribution is -2.46. The summed E-state index contributed by atoms with van der Waals surface area (Å²) in [5.74, 6) is 0.0458. The van der Waals surface area contributed by atoms with Crippen LogP contribution in [-0.4, -0.2) is 42.6 Å². The molecule has 1 aliphatic heterocycles. The number of carbonyl (C=O) groups is 2. The fourth-order valence-corrected chi connectivity index (χ4v) is 3.15. The lowest BCUT2D eigenvalue weighted by atomic mass is 10.0. The Morgan fingerprint density at radius 2 is 1.88 bits per heavy atom. The summed E-state index contributed by atoms with van der Waals surface area (Å²) < 4.78 is 4.94. The number of nitrogens with one attached hydrogen (secondary N) is 1. The smallest absolute Gasteiger partial charge is 0.407 e. The molecule has 3 rings (SSSR count). The Labute approximate surface area is 147 Å². The van der Waals surface area contributed by atoms with Crippen molar-refractivity contribution in [3.63, 3.8) is 0 Å². The van der Waals surface area contributed by atoms with Crippen LogP contribution in [0.3, 0.4) is 0 Å². The zero-order chi connectivity index (χ0) is 17.6. The minimum absolute atomic E-state index is 0.0360. The molecule has 1 N–H and O–H groups in total. The standard InChI is InChI=1S/C20H22N2O3/c1-2-14-25-20(24)21-16-10-12-22(13-11-16)19(23)18-9-5-7-15-6-3-4-8-17(15)18/h2-9,16H,1,10-14H2,(H,21,24). The van der Waals surface area contributed by atoms with Crippen molar-refractivity contribution >= 4 is 22.8 Å². The van der Waals surface area contributed by atoms with Crippen LogP contribution in [0.4, 0.5) is 4.79 Å². The predicted molar refractivity (Wildman–Crippen MR) is 97.6 cm³/mol. The number of fused-ring (bicyclic) bond motifs is 1. The Balaban J connectivity index is 1.62. The van der Waals surface area contributed by atoms with Crippen molar-refractivity contribution < 1.29 is 14.3 Å². The van der Waals surface area contributed by atoms with Crippen LogP contribution in [-0.2, 0) is 4.74 Å². The van der Waals surface area contributed by atoms with Crippen LogP contribution in [0.25, 0.3) is 10.8 Å². The molecule has 0 aliphatic carbocycles. The number of amides is 2. The molecule has 0 spiro atoms. The van der Waals surface area contributed by atoms with Crippen LogP contribution in [0.15, 0.2) is 55.1 Å². The molecule has 0 unspecified atom stereocenters. The van der Waals surface area contributed by atoms with Crippen LogP contribution < -0.4 is 5.32 Å². The first kappa shape index (κ1) is 17.0. The number of nitrogens with zero attached hydrogens (tertiary/aromatic N) is 1. The molecule has 2 amide bonds. The monoisotopic (exact) mass is 338 g/mol. The maximum Gasteiger partial charge on any atom is 0.407 e. The van der Waals surface area contributed by atoms with Crippen molar-refractivity contribution in [3.8, 4) is 0 Å². The highest BCUT2D eigenvalue weighted by Crippen LogP contribution is 2.22. The van der Waals surface area contributed by atoms with E-state index in [9.17, 15) is 9.59 Å². The minimum atomic E-state index is -0.432. The molecule has 5 nitrogen and oxygen atoms in total. The van der Waals surface area contributed by atoms with E-state index in [1.165, 1.54) is 6.08 Å². The van der Waals surface area contributed by atoms with Gasteiger partial charge in [-0.2, -0.15) is 0 Å². The molecule has 1 saturated heterocycles. The highest BCUT2D eigenvalue weighted by molar-refractivity contribution is 6.07. The van der Waals surface area contributed by atoms with E-state index < -0.39 is 6.09 Å². The van der Waals surface area contributed by atoms with Gasteiger partial charge in [0.1, 0.15) is 6.61 Å². The molecule has 0 radical (unpaired) electrons. The summed E-state index contributed by atoms with van der Waals surface area (Å²) in [6.07, 6.45) is 2.54. The molecule has 130 valence electrons. The van der Waals surface area contributed by atoms with E-state index in [-0.39, 0.29) is 18.6 Å². The molecule has 1 heterocycles. The third-order valence-corrected chi connectivity index (χ3v) is 4.46. The number of ether oxygens (including phenoxy) is 1. The molecule has 0 bridgehead atoms. The quantitative estimate of drug-likeness (QED) is 0.870. The van der Waals surface area contributed by atoms with Crippen molar-refractivity contribution in [2.45, 2.75) is 18.9 Å². The van der Waals surface area contributed by atoms with Gasteiger partial charge in [0.25, 0.3) is 5.91 Å². The maximum absolute atomic E-state index is 12.9. The van der Waals surface area contributed by atoms with Gasteiger partial charge < -0.3 is 15.0 Å². The highest BCUT2D eigenvalue weighted by Gasteiger charge is 2.25. The Morgan fingerprint density at radius 3 is 2.64 bits per heavy atom. The van der Waals surface area contributed by atoms with Gasteiger partial charge in [-0.15, -0.1) is 0 Å². The highest BCUT2D eigenvalue weighted by atomic mass is 16.5. The normalized spacial score (nSPS) is 15.0. The first-order valence-electron chi connectivity index (χ1n) is 8.50. The van der Waals surface area contributed by atoms with Gasteiger partial charge >= 0.3 is 6.09 Å². The molecular weight excluding hydrogens is 316 g/mol. The van der Waals surface area contributed by atoms with Crippen molar-refractivity contribution in [2.24, 2.45) is 0 Å². The van der Waals surface area contributed by atoms with Crippen molar-refractivity contribution in [1.29, 1.82) is 0 Å². The van der Waals surface area contributed by atoms with Gasteiger partial charge in [-0.1, -0.05) is 49.1 Å². The van der Waals surface area contributed by atoms with Gasteiger partial charge in [-0.25, -0.2) is 4.79 Å². The Hall–Kier alpha value is -2.82. The first-order valence-corrected chi connectivity index (χ1v) is 8.50. The minimum Gasteiger partial charge on any atom is -0.445 e. The van der Waals surface area contributed by atoms with E-state index in [1.807, 2.05) is 47.4 Å². The van der Waals surface area contributed by atoms with Gasteiger partial charge in [0.2, 0.25) is 0 Å². The summed E-state index contributed by atoms with van der Waals surface area (Å²) in [7, 11) is 0. The number of benzene rings is 2. The molecule has 1 aliphatic rings.